The van der Waals surface area contributed by atoms with Crippen molar-refractivity contribution in [1.29, 1.82) is 0 Å². The molecule has 2 heteroatoms. The molecule has 0 N–H and O–H groups in total. The molecule has 0 saturated heterocycles. The third-order valence-corrected chi connectivity index (χ3v) is 13.9. The summed E-state index contributed by atoms with van der Waals surface area (Å²) in [5, 5.41) is 2.42. The Kier molecular flexibility index (Phi) is 8.77. The molecule has 0 fully saturated rings. The minimum absolute atomic E-state index is 0.203. The van der Waals surface area contributed by atoms with Gasteiger partial charge < -0.3 is 9.80 Å². The summed E-state index contributed by atoms with van der Waals surface area (Å²) >= 11 is 0. The Bertz CT molecular complexity index is 3310. The second kappa shape index (κ2) is 14.9. The van der Waals surface area contributed by atoms with Gasteiger partial charge in [0.2, 0.25) is 0 Å². The van der Waals surface area contributed by atoms with Crippen LogP contribution in [0.3, 0.4) is 0 Å². The summed E-state index contributed by atoms with van der Waals surface area (Å²) in [6.45, 7) is 4.79. The van der Waals surface area contributed by atoms with Crippen LogP contribution in [0, 0.1) is 0 Å². The van der Waals surface area contributed by atoms with Gasteiger partial charge in [0.15, 0.2) is 0 Å². The van der Waals surface area contributed by atoms with E-state index in [2.05, 4.69) is 266 Å². The van der Waals surface area contributed by atoms with Crippen LogP contribution >= 0.6 is 0 Å². The largest absolute Gasteiger partial charge is 0.310 e. The fraction of sp³-hybridized carbons (Fsp3) is 0.0645. The van der Waals surface area contributed by atoms with Crippen molar-refractivity contribution < 1.29 is 0 Å². The lowest BCUT2D eigenvalue weighted by atomic mass is 9.55. The van der Waals surface area contributed by atoms with Crippen molar-refractivity contribution in [1.82, 2.24) is 0 Å². The minimum atomic E-state index is -0.576. The van der Waals surface area contributed by atoms with Gasteiger partial charge >= 0.3 is 0 Å². The van der Waals surface area contributed by atoms with Crippen molar-refractivity contribution in [2.24, 2.45) is 0 Å². The quantitative estimate of drug-likeness (QED) is 0.158. The van der Waals surface area contributed by atoms with E-state index < -0.39 is 5.41 Å². The average Bonchev–Trinajstić information content (AvgIpc) is 3.65. The van der Waals surface area contributed by atoms with E-state index in [0.29, 0.717) is 0 Å². The Morgan fingerprint density at radius 1 is 0.312 bits per heavy atom. The molecule has 0 saturated carbocycles. The fourth-order valence-corrected chi connectivity index (χ4v) is 11.1. The van der Waals surface area contributed by atoms with Gasteiger partial charge in [-0.25, -0.2) is 0 Å². The molecular weight excluding hydrogens is 773 g/mol. The monoisotopic (exact) mass is 818 g/mol. The van der Waals surface area contributed by atoms with Crippen LogP contribution in [0.1, 0.15) is 47.2 Å². The number of nitrogens with zero attached hydrogens (tertiary/aromatic N) is 2. The zero-order chi connectivity index (χ0) is 42.8. The van der Waals surface area contributed by atoms with Crippen LogP contribution in [0.2, 0.25) is 0 Å². The van der Waals surface area contributed by atoms with Gasteiger partial charge in [-0.2, -0.15) is 0 Å². The summed E-state index contributed by atoms with van der Waals surface area (Å²) in [7, 11) is 0. The van der Waals surface area contributed by atoms with Crippen LogP contribution in [0.5, 0.6) is 0 Å². The van der Waals surface area contributed by atoms with Crippen molar-refractivity contribution in [3.63, 3.8) is 0 Å². The van der Waals surface area contributed by atoms with Gasteiger partial charge in [-0.05, 0) is 116 Å². The lowest BCUT2D eigenvalue weighted by Crippen LogP contribution is -2.40. The van der Waals surface area contributed by atoms with E-state index in [9.17, 15) is 0 Å². The summed E-state index contributed by atoms with van der Waals surface area (Å²) in [5.41, 5.74) is 18.8. The molecule has 10 aromatic rings. The molecular formula is C62H46N2. The molecule has 304 valence electrons. The summed E-state index contributed by atoms with van der Waals surface area (Å²) < 4.78 is 0. The van der Waals surface area contributed by atoms with E-state index in [1.54, 1.807) is 0 Å². The molecule has 0 aliphatic heterocycles. The number of para-hydroxylation sites is 2. The van der Waals surface area contributed by atoms with Crippen molar-refractivity contribution in [3.05, 3.63) is 276 Å². The van der Waals surface area contributed by atoms with Gasteiger partial charge in [-0.3, -0.25) is 0 Å². The molecule has 0 bridgehead atoms. The predicted molar refractivity (Wildman–Crippen MR) is 268 cm³/mol. The number of hydrogen-bond donors (Lipinski definition) is 0. The maximum absolute atomic E-state index is 2.48. The maximum atomic E-state index is 2.48. The highest BCUT2D eigenvalue weighted by Gasteiger charge is 2.54. The predicted octanol–water partition coefficient (Wildman–Crippen LogP) is 16.4. The number of hydrogen-bond acceptors (Lipinski definition) is 2. The molecule has 2 aliphatic rings. The van der Waals surface area contributed by atoms with Gasteiger partial charge in [-0.1, -0.05) is 196 Å². The first-order valence-corrected chi connectivity index (χ1v) is 22.4. The Labute approximate surface area is 376 Å². The molecule has 0 heterocycles. The molecule has 2 nitrogen and oxygen atoms in total. The molecule has 2 aliphatic carbocycles. The molecule has 0 radical (unpaired) electrons. The van der Waals surface area contributed by atoms with Gasteiger partial charge in [0.25, 0.3) is 0 Å². The molecule has 64 heavy (non-hydrogen) atoms. The zero-order valence-corrected chi connectivity index (χ0v) is 36.0. The highest BCUT2D eigenvalue weighted by atomic mass is 15.2. The number of anilines is 6. The van der Waals surface area contributed by atoms with E-state index in [1.807, 2.05) is 0 Å². The first-order chi connectivity index (χ1) is 31.5. The summed E-state index contributed by atoms with van der Waals surface area (Å²) in [6.07, 6.45) is 0. The zero-order valence-electron chi connectivity index (χ0n) is 36.0. The molecule has 10 aromatic carbocycles. The van der Waals surface area contributed by atoms with Crippen LogP contribution < -0.4 is 9.80 Å². The molecule has 0 atom stereocenters. The standard InChI is InChI=1S/C62H46N2/c1-61(2)53-32-14-16-34-55(53)62(56-35-17-15-33-54(56)61)52-40-39-49(63(46-26-8-4-9-27-46)58-37-19-24-44-23-12-13-31-50(44)58)42-51(52)60-57(62)36-20-38-59(60)64(47-28-10-5-11-29-47)48-30-18-25-45(41-48)43-21-6-3-7-22-43/h3-42H,1-2H3. The Morgan fingerprint density at radius 2 is 0.781 bits per heavy atom. The third kappa shape index (κ3) is 5.65. The molecule has 1 spiro atoms. The number of rotatable bonds is 7. The molecule has 0 aromatic heterocycles. The fourth-order valence-electron chi connectivity index (χ4n) is 11.1. The van der Waals surface area contributed by atoms with Gasteiger partial charge in [0, 0.05) is 39.1 Å². The van der Waals surface area contributed by atoms with Gasteiger partial charge in [-0.15, -0.1) is 0 Å². The Morgan fingerprint density at radius 3 is 1.47 bits per heavy atom. The summed E-state index contributed by atoms with van der Waals surface area (Å²) in [5.74, 6) is 0. The Hall–Kier alpha value is -7.94. The molecule has 12 rings (SSSR count). The highest BCUT2D eigenvalue weighted by Crippen LogP contribution is 2.64. The second-order valence-corrected chi connectivity index (χ2v) is 17.7. The van der Waals surface area contributed by atoms with E-state index >= 15 is 0 Å². The first kappa shape index (κ1) is 37.8. The van der Waals surface area contributed by atoms with Gasteiger partial charge in [0.1, 0.15) is 0 Å². The Balaban J connectivity index is 1.19. The van der Waals surface area contributed by atoms with Crippen LogP contribution in [0.25, 0.3) is 33.0 Å². The van der Waals surface area contributed by atoms with E-state index in [0.717, 1.165) is 34.1 Å². The third-order valence-electron chi connectivity index (χ3n) is 13.9. The topological polar surface area (TPSA) is 6.48 Å². The average molecular weight is 819 g/mol. The lowest BCUT2D eigenvalue weighted by Gasteiger charge is -2.46. The minimum Gasteiger partial charge on any atom is -0.310 e. The van der Waals surface area contributed by atoms with Crippen LogP contribution in [-0.4, -0.2) is 0 Å². The van der Waals surface area contributed by atoms with Crippen molar-refractivity contribution in [3.8, 4) is 22.3 Å². The summed E-state index contributed by atoms with van der Waals surface area (Å²) in [4.78, 5) is 4.92. The van der Waals surface area contributed by atoms with Crippen molar-refractivity contribution in [2.75, 3.05) is 9.80 Å². The lowest BCUT2D eigenvalue weighted by molar-refractivity contribution is 0.563. The molecule has 0 amide bonds. The number of benzene rings is 10. The number of fused-ring (bicyclic) bond motifs is 10. The smallest absolute Gasteiger partial charge is 0.0720 e. The van der Waals surface area contributed by atoms with Crippen LogP contribution in [0.15, 0.2) is 243 Å². The van der Waals surface area contributed by atoms with Crippen molar-refractivity contribution in [2.45, 2.75) is 24.7 Å². The molecule has 0 unspecified atom stereocenters. The van der Waals surface area contributed by atoms with E-state index in [4.69, 9.17) is 0 Å². The van der Waals surface area contributed by atoms with Crippen molar-refractivity contribution >= 4 is 44.9 Å². The first-order valence-electron chi connectivity index (χ1n) is 22.4. The van der Waals surface area contributed by atoms with E-state index in [-0.39, 0.29) is 5.41 Å². The highest BCUT2D eigenvalue weighted by molar-refractivity contribution is 6.02. The maximum Gasteiger partial charge on any atom is 0.0720 e. The normalized spacial score (nSPS) is 13.7. The van der Waals surface area contributed by atoms with Gasteiger partial charge in [0.05, 0.1) is 16.8 Å². The SMILES string of the molecule is CC1(C)c2ccccc2C2(c3ccc(N(c4ccccc4)c4cccc5ccccc45)cc3-c3c(N(c4ccccc4)c4cccc(-c5ccccc5)c4)cccc32)c2ccccc21. The van der Waals surface area contributed by atoms with Crippen LogP contribution in [-0.2, 0) is 10.8 Å². The van der Waals surface area contributed by atoms with Crippen LogP contribution in [0.4, 0.5) is 34.1 Å². The van der Waals surface area contributed by atoms with E-state index in [1.165, 1.54) is 66.4 Å². The summed E-state index contributed by atoms with van der Waals surface area (Å²) in [6, 6.07) is 89.6. The second-order valence-electron chi connectivity index (χ2n) is 17.7.